The summed E-state index contributed by atoms with van der Waals surface area (Å²) in [5.41, 5.74) is 3.71. The Kier molecular flexibility index (Phi) is 3.81. The third kappa shape index (κ3) is 3.31. The second-order valence-corrected chi connectivity index (χ2v) is 6.32. The predicted octanol–water partition coefficient (Wildman–Crippen LogP) is 5.59. The van der Waals surface area contributed by atoms with Crippen molar-refractivity contribution in [2.45, 2.75) is 25.3 Å². The lowest BCUT2D eigenvalue weighted by Gasteiger charge is -2.09. The van der Waals surface area contributed by atoms with E-state index < -0.39 is 0 Å². The SMILES string of the molecule is Clc1ccc(Br)cc1NCc1ccc(C2CC2)cc1. The molecule has 3 rings (SSSR count). The minimum Gasteiger partial charge on any atom is -0.380 e. The summed E-state index contributed by atoms with van der Waals surface area (Å²) in [6, 6.07) is 14.7. The van der Waals surface area contributed by atoms with E-state index in [4.69, 9.17) is 11.6 Å². The Morgan fingerprint density at radius 3 is 2.53 bits per heavy atom. The zero-order valence-corrected chi connectivity index (χ0v) is 12.8. The minimum atomic E-state index is 0.748. The van der Waals surface area contributed by atoms with Crippen LogP contribution in [-0.4, -0.2) is 0 Å². The van der Waals surface area contributed by atoms with Crippen molar-refractivity contribution >= 4 is 33.2 Å². The molecule has 2 aromatic carbocycles. The molecule has 1 saturated carbocycles. The van der Waals surface area contributed by atoms with Gasteiger partial charge in [-0.1, -0.05) is 51.8 Å². The van der Waals surface area contributed by atoms with E-state index in [2.05, 4.69) is 45.5 Å². The Labute approximate surface area is 127 Å². The highest BCUT2D eigenvalue weighted by molar-refractivity contribution is 9.10. The van der Waals surface area contributed by atoms with Crippen molar-refractivity contribution < 1.29 is 0 Å². The van der Waals surface area contributed by atoms with Crippen LogP contribution >= 0.6 is 27.5 Å². The van der Waals surface area contributed by atoms with Gasteiger partial charge in [-0.15, -0.1) is 0 Å². The largest absolute Gasteiger partial charge is 0.380 e. The molecule has 0 unspecified atom stereocenters. The Morgan fingerprint density at radius 2 is 1.84 bits per heavy atom. The van der Waals surface area contributed by atoms with E-state index >= 15 is 0 Å². The number of benzene rings is 2. The fraction of sp³-hybridized carbons (Fsp3) is 0.250. The third-order valence-corrected chi connectivity index (χ3v) is 4.26. The average Bonchev–Trinajstić information content (AvgIpc) is 3.25. The molecule has 0 saturated heterocycles. The van der Waals surface area contributed by atoms with Gasteiger partial charge < -0.3 is 5.32 Å². The highest BCUT2D eigenvalue weighted by Gasteiger charge is 2.22. The fourth-order valence-electron chi connectivity index (χ4n) is 2.15. The Balaban J connectivity index is 1.66. The average molecular weight is 337 g/mol. The lowest BCUT2D eigenvalue weighted by molar-refractivity contribution is 1.10. The molecule has 0 heterocycles. The quantitative estimate of drug-likeness (QED) is 0.767. The normalized spacial score (nSPS) is 14.4. The van der Waals surface area contributed by atoms with Crippen LogP contribution in [0.2, 0.25) is 5.02 Å². The van der Waals surface area contributed by atoms with E-state index in [1.54, 1.807) is 0 Å². The monoisotopic (exact) mass is 335 g/mol. The van der Waals surface area contributed by atoms with Crippen LogP contribution in [-0.2, 0) is 6.54 Å². The van der Waals surface area contributed by atoms with Crippen molar-refractivity contribution in [3.05, 3.63) is 63.1 Å². The van der Waals surface area contributed by atoms with Gasteiger partial charge in [0.05, 0.1) is 10.7 Å². The molecule has 0 atom stereocenters. The summed E-state index contributed by atoms with van der Waals surface area (Å²) in [6.45, 7) is 0.793. The lowest BCUT2D eigenvalue weighted by atomic mass is 10.1. The van der Waals surface area contributed by atoms with E-state index in [1.807, 2.05) is 18.2 Å². The first-order valence-corrected chi connectivity index (χ1v) is 7.67. The smallest absolute Gasteiger partial charge is 0.0638 e. The molecule has 1 aliphatic carbocycles. The topological polar surface area (TPSA) is 12.0 Å². The molecule has 1 N–H and O–H groups in total. The lowest BCUT2D eigenvalue weighted by Crippen LogP contribution is -2.00. The van der Waals surface area contributed by atoms with E-state index in [0.717, 1.165) is 27.6 Å². The molecular formula is C16H15BrClN. The van der Waals surface area contributed by atoms with Crippen LogP contribution < -0.4 is 5.32 Å². The van der Waals surface area contributed by atoms with Gasteiger partial charge in [0.15, 0.2) is 0 Å². The van der Waals surface area contributed by atoms with Crippen molar-refractivity contribution in [3.63, 3.8) is 0 Å². The summed E-state index contributed by atoms with van der Waals surface area (Å²) in [4.78, 5) is 0. The highest BCUT2D eigenvalue weighted by Crippen LogP contribution is 2.39. The summed E-state index contributed by atoms with van der Waals surface area (Å²) >= 11 is 9.61. The van der Waals surface area contributed by atoms with Gasteiger partial charge in [-0.2, -0.15) is 0 Å². The summed E-state index contributed by atoms with van der Waals surface area (Å²) in [6.07, 6.45) is 2.70. The van der Waals surface area contributed by atoms with Crippen LogP contribution in [0.1, 0.15) is 29.9 Å². The van der Waals surface area contributed by atoms with Crippen molar-refractivity contribution in [1.29, 1.82) is 0 Å². The molecule has 0 radical (unpaired) electrons. The Morgan fingerprint density at radius 1 is 1.11 bits per heavy atom. The van der Waals surface area contributed by atoms with Crippen molar-refractivity contribution in [2.75, 3.05) is 5.32 Å². The van der Waals surface area contributed by atoms with Crippen LogP contribution in [0.25, 0.3) is 0 Å². The number of hydrogen-bond acceptors (Lipinski definition) is 1. The molecular weight excluding hydrogens is 322 g/mol. The van der Waals surface area contributed by atoms with Gasteiger partial charge in [0.25, 0.3) is 0 Å². The van der Waals surface area contributed by atoms with Gasteiger partial charge >= 0.3 is 0 Å². The number of anilines is 1. The number of hydrogen-bond donors (Lipinski definition) is 1. The molecule has 1 fully saturated rings. The number of nitrogens with one attached hydrogen (secondary N) is 1. The van der Waals surface area contributed by atoms with Crippen LogP contribution in [0, 0.1) is 0 Å². The first-order chi connectivity index (χ1) is 9.22. The zero-order chi connectivity index (χ0) is 13.2. The second kappa shape index (κ2) is 5.56. The molecule has 0 bridgehead atoms. The molecule has 0 aliphatic heterocycles. The highest BCUT2D eigenvalue weighted by atomic mass is 79.9. The molecule has 1 aliphatic rings. The number of halogens is 2. The molecule has 0 aromatic heterocycles. The Bertz CT molecular complexity index is 576. The maximum Gasteiger partial charge on any atom is 0.0638 e. The number of rotatable bonds is 4. The molecule has 0 spiro atoms. The van der Waals surface area contributed by atoms with Crippen molar-refractivity contribution in [1.82, 2.24) is 0 Å². The van der Waals surface area contributed by atoms with Gasteiger partial charge in [-0.05, 0) is 48.1 Å². The fourth-order valence-corrected chi connectivity index (χ4v) is 2.70. The van der Waals surface area contributed by atoms with Crippen LogP contribution in [0.4, 0.5) is 5.69 Å². The van der Waals surface area contributed by atoms with E-state index in [-0.39, 0.29) is 0 Å². The Hall–Kier alpha value is -0.990. The van der Waals surface area contributed by atoms with Crippen molar-refractivity contribution in [2.24, 2.45) is 0 Å². The van der Waals surface area contributed by atoms with Gasteiger partial charge in [0.2, 0.25) is 0 Å². The molecule has 19 heavy (non-hydrogen) atoms. The zero-order valence-electron chi connectivity index (χ0n) is 10.5. The van der Waals surface area contributed by atoms with Gasteiger partial charge in [0, 0.05) is 11.0 Å². The van der Waals surface area contributed by atoms with E-state index in [0.29, 0.717) is 0 Å². The molecule has 3 heteroatoms. The molecule has 1 nitrogen and oxygen atoms in total. The van der Waals surface area contributed by atoms with Crippen LogP contribution in [0.3, 0.4) is 0 Å². The summed E-state index contributed by atoms with van der Waals surface area (Å²) < 4.78 is 1.03. The van der Waals surface area contributed by atoms with E-state index in [1.165, 1.54) is 24.0 Å². The maximum atomic E-state index is 6.15. The maximum absolute atomic E-state index is 6.15. The standard InChI is InChI=1S/C16H15BrClN/c17-14-7-8-15(18)16(9-14)19-10-11-1-3-12(4-2-11)13-5-6-13/h1-4,7-9,13,19H,5-6,10H2. The van der Waals surface area contributed by atoms with Crippen LogP contribution in [0.5, 0.6) is 0 Å². The summed E-state index contributed by atoms with van der Waals surface area (Å²) in [7, 11) is 0. The molecule has 2 aromatic rings. The predicted molar refractivity (Wildman–Crippen MR) is 84.9 cm³/mol. The van der Waals surface area contributed by atoms with Crippen LogP contribution in [0.15, 0.2) is 46.9 Å². The van der Waals surface area contributed by atoms with Gasteiger partial charge in [-0.25, -0.2) is 0 Å². The third-order valence-electron chi connectivity index (χ3n) is 3.44. The van der Waals surface area contributed by atoms with Gasteiger partial charge in [-0.3, -0.25) is 0 Å². The molecule has 98 valence electrons. The second-order valence-electron chi connectivity index (χ2n) is 4.99. The first-order valence-electron chi connectivity index (χ1n) is 6.50. The minimum absolute atomic E-state index is 0.748. The van der Waals surface area contributed by atoms with Gasteiger partial charge in [0.1, 0.15) is 0 Å². The van der Waals surface area contributed by atoms with Crippen molar-refractivity contribution in [3.8, 4) is 0 Å². The first kappa shape index (κ1) is 13.0. The van der Waals surface area contributed by atoms with E-state index in [9.17, 15) is 0 Å². The summed E-state index contributed by atoms with van der Waals surface area (Å²) in [5, 5.41) is 4.12. The summed E-state index contributed by atoms with van der Waals surface area (Å²) in [5.74, 6) is 0.821. The molecule has 0 amide bonds.